The van der Waals surface area contributed by atoms with Crippen molar-refractivity contribution in [2.45, 2.75) is 17.2 Å². The molecule has 0 aliphatic heterocycles. The fourth-order valence-electron chi connectivity index (χ4n) is 1.68. The predicted molar refractivity (Wildman–Crippen MR) is 73.6 cm³/mol. The molecule has 106 valence electrons. The van der Waals surface area contributed by atoms with Gasteiger partial charge in [0.15, 0.2) is 0 Å². The summed E-state index contributed by atoms with van der Waals surface area (Å²) in [5.74, 6) is 0.398. The summed E-state index contributed by atoms with van der Waals surface area (Å²) in [5, 5.41) is 9.97. The maximum absolute atomic E-state index is 12.4. The van der Waals surface area contributed by atoms with Crippen LogP contribution < -0.4 is 0 Å². The van der Waals surface area contributed by atoms with E-state index in [2.05, 4.69) is 0 Å². The molecule has 0 heterocycles. The van der Waals surface area contributed by atoms with E-state index in [-0.39, 0.29) is 0 Å². The first-order chi connectivity index (χ1) is 9.47. The second kappa shape index (κ2) is 6.33. The fourth-order valence-corrected chi connectivity index (χ4v) is 2.57. The van der Waals surface area contributed by atoms with Crippen molar-refractivity contribution in [3.63, 3.8) is 0 Å². The molecule has 20 heavy (non-hydrogen) atoms. The lowest BCUT2D eigenvalue weighted by atomic mass is 10.1. The number of rotatable bonds is 4. The Morgan fingerprint density at radius 1 is 0.950 bits per heavy atom. The SMILES string of the molecule is OC(CSc1ccccc1)c1ccc(C(F)(F)F)cc1. The highest BCUT2D eigenvalue weighted by Gasteiger charge is 2.30. The Bertz CT molecular complexity index is 537. The van der Waals surface area contributed by atoms with Crippen molar-refractivity contribution in [2.75, 3.05) is 5.75 Å². The van der Waals surface area contributed by atoms with Crippen molar-refractivity contribution in [2.24, 2.45) is 0 Å². The van der Waals surface area contributed by atoms with Crippen LogP contribution in [0.15, 0.2) is 59.5 Å². The number of hydrogen-bond donors (Lipinski definition) is 1. The number of alkyl halides is 3. The molecule has 0 aliphatic carbocycles. The summed E-state index contributed by atoms with van der Waals surface area (Å²) in [6.45, 7) is 0. The highest BCUT2D eigenvalue weighted by atomic mass is 32.2. The monoisotopic (exact) mass is 298 g/mol. The summed E-state index contributed by atoms with van der Waals surface area (Å²) in [5.41, 5.74) is -0.217. The van der Waals surface area contributed by atoms with E-state index in [0.717, 1.165) is 17.0 Å². The summed E-state index contributed by atoms with van der Waals surface area (Å²) < 4.78 is 37.3. The first-order valence-corrected chi connectivity index (χ1v) is 6.98. The van der Waals surface area contributed by atoms with Gasteiger partial charge in [0.2, 0.25) is 0 Å². The number of aliphatic hydroxyl groups is 1. The van der Waals surface area contributed by atoms with Crippen LogP contribution in [0.25, 0.3) is 0 Å². The number of halogens is 3. The van der Waals surface area contributed by atoms with Crippen LogP contribution in [0.2, 0.25) is 0 Å². The molecule has 2 aromatic rings. The lowest BCUT2D eigenvalue weighted by molar-refractivity contribution is -0.137. The lowest BCUT2D eigenvalue weighted by Gasteiger charge is -2.12. The number of aliphatic hydroxyl groups excluding tert-OH is 1. The van der Waals surface area contributed by atoms with Crippen molar-refractivity contribution in [3.05, 3.63) is 65.7 Å². The van der Waals surface area contributed by atoms with Gasteiger partial charge in [0, 0.05) is 10.6 Å². The minimum absolute atomic E-state index is 0.398. The van der Waals surface area contributed by atoms with Gasteiger partial charge in [0.25, 0.3) is 0 Å². The largest absolute Gasteiger partial charge is 0.416 e. The van der Waals surface area contributed by atoms with E-state index in [1.165, 1.54) is 23.9 Å². The molecule has 2 rings (SSSR count). The Morgan fingerprint density at radius 2 is 1.55 bits per heavy atom. The Morgan fingerprint density at radius 3 is 2.10 bits per heavy atom. The maximum atomic E-state index is 12.4. The normalized spacial score (nSPS) is 13.2. The highest BCUT2D eigenvalue weighted by Crippen LogP contribution is 2.31. The predicted octanol–water partition coefficient (Wildman–Crippen LogP) is 4.53. The van der Waals surface area contributed by atoms with Gasteiger partial charge in [-0.1, -0.05) is 30.3 Å². The standard InChI is InChI=1S/C15H13F3OS/c16-15(17,18)12-8-6-11(7-9-12)14(19)10-20-13-4-2-1-3-5-13/h1-9,14,19H,10H2. The van der Waals surface area contributed by atoms with Crippen LogP contribution >= 0.6 is 11.8 Å². The first-order valence-electron chi connectivity index (χ1n) is 6.00. The molecule has 0 saturated carbocycles. The summed E-state index contributed by atoms with van der Waals surface area (Å²) >= 11 is 1.46. The molecule has 0 aromatic heterocycles. The minimum atomic E-state index is -4.34. The molecule has 0 saturated heterocycles. The van der Waals surface area contributed by atoms with Crippen LogP contribution in [0.4, 0.5) is 13.2 Å². The Balaban J connectivity index is 1.97. The summed E-state index contributed by atoms with van der Waals surface area (Å²) in [4.78, 5) is 1.01. The van der Waals surface area contributed by atoms with E-state index in [4.69, 9.17) is 0 Å². The Kier molecular flexibility index (Phi) is 4.73. The van der Waals surface area contributed by atoms with Crippen LogP contribution in [0, 0.1) is 0 Å². The first kappa shape index (κ1) is 14.9. The zero-order valence-corrected chi connectivity index (χ0v) is 11.3. The molecule has 0 spiro atoms. The molecule has 0 radical (unpaired) electrons. The average Bonchev–Trinajstić information content (AvgIpc) is 2.45. The lowest BCUT2D eigenvalue weighted by Crippen LogP contribution is -2.06. The summed E-state index contributed by atoms with van der Waals surface area (Å²) in [6.07, 6.45) is -5.13. The van der Waals surface area contributed by atoms with Gasteiger partial charge in [-0.15, -0.1) is 11.8 Å². The third-order valence-corrected chi connectivity index (χ3v) is 3.86. The van der Waals surface area contributed by atoms with Crippen LogP contribution in [-0.4, -0.2) is 10.9 Å². The van der Waals surface area contributed by atoms with Crippen molar-refractivity contribution in [1.82, 2.24) is 0 Å². The number of benzene rings is 2. The van der Waals surface area contributed by atoms with Gasteiger partial charge < -0.3 is 5.11 Å². The molecular formula is C15H13F3OS. The summed E-state index contributed by atoms with van der Waals surface area (Å²) in [6, 6.07) is 14.2. The number of hydrogen-bond acceptors (Lipinski definition) is 2. The molecule has 0 aliphatic rings. The molecule has 1 unspecified atom stereocenters. The van der Waals surface area contributed by atoms with E-state index in [9.17, 15) is 18.3 Å². The minimum Gasteiger partial charge on any atom is -0.388 e. The Labute approximate surface area is 119 Å². The highest BCUT2D eigenvalue weighted by molar-refractivity contribution is 7.99. The third kappa shape index (κ3) is 4.02. The molecule has 0 fully saturated rings. The number of thioether (sulfide) groups is 1. The Hall–Kier alpha value is -1.46. The molecule has 0 amide bonds. The van der Waals surface area contributed by atoms with Crippen LogP contribution in [0.1, 0.15) is 17.2 Å². The average molecular weight is 298 g/mol. The molecule has 2 aromatic carbocycles. The molecule has 1 N–H and O–H groups in total. The van der Waals surface area contributed by atoms with Crippen LogP contribution in [0.5, 0.6) is 0 Å². The van der Waals surface area contributed by atoms with E-state index < -0.39 is 17.8 Å². The van der Waals surface area contributed by atoms with Gasteiger partial charge in [-0.2, -0.15) is 13.2 Å². The van der Waals surface area contributed by atoms with Crippen LogP contribution in [-0.2, 0) is 6.18 Å². The quantitative estimate of drug-likeness (QED) is 0.837. The van der Waals surface area contributed by atoms with Crippen LogP contribution in [0.3, 0.4) is 0 Å². The van der Waals surface area contributed by atoms with Crippen molar-refractivity contribution in [3.8, 4) is 0 Å². The van der Waals surface area contributed by atoms with Gasteiger partial charge in [-0.3, -0.25) is 0 Å². The third-order valence-electron chi connectivity index (χ3n) is 2.77. The van der Waals surface area contributed by atoms with Crippen molar-refractivity contribution < 1.29 is 18.3 Å². The van der Waals surface area contributed by atoms with E-state index in [0.29, 0.717) is 11.3 Å². The molecule has 0 bridgehead atoms. The smallest absolute Gasteiger partial charge is 0.388 e. The van der Waals surface area contributed by atoms with E-state index >= 15 is 0 Å². The van der Waals surface area contributed by atoms with Gasteiger partial charge in [0.05, 0.1) is 11.7 Å². The molecular weight excluding hydrogens is 285 g/mol. The van der Waals surface area contributed by atoms with Crippen molar-refractivity contribution >= 4 is 11.8 Å². The zero-order chi connectivity index (χ0) is 14.6. The zero-order valence-electron chi connectivity index (χ0n) is 10.5. The second-order valence-electron chi connectivity index (χ2n) is 4.26. The fraction of sp³-hybridized carbons (Fsp3) is 0.200. The maximum Gasteiger partial charge on any atom is 0.416 e. The van der Waals surface area contributed by atoms with Gasteiger partial charge in [0.1, 0.15) is 0 Å². The summed E-state index contributed by atoms with van der Waals surface area (Å²) in [7, 11) is 0. The second-order valence-corrected chi connectivity index (χ2v) is 5.35. The topological polar surface area (TPSA) is 20.2 Å². The van der Waals surface area contributed by atoms with E-state index in [1.54, 1.807) is 0 Å². The van der Waals surface area contributed by atoms with Gasteiger partial charge in [-0.05, 0) is 29.8 Å². The molecule has 5 heteroatoms. The van der Waals surface area contributed by atoms with Gasteiger partial charge >= 0.3 is 6.18 Å². The molecule has 1 nitrogen and oxygen atoms in total. The molecule has 1 atom stereocenters. The van der Waals surface area contributed by atoms with Gasteiger partial charge in [-0.25, -0.2) is 0 Å². The van der Waals surface area contributed by atoms with Crippen molar-refractivity contribution in [1.29, 1.82) is 0 Å². The van der Waals surface area contributed by atoms with E-state index in [1.807, 2.05) is 30.3 Å².